The number of nitrogens with zero attached hydrogens (tertiary/aromatic N) is 2. The van der Waals surface area contributed by atoms with Gasteiger partial charge in [0.15, 0.2) is 0 Å². The number of halogens is 2. The first-order valence-electron chi connectivity index (χ1n) is 4.21. The summed E-state index contributed by atoms with van der Waals surface area (Å²) in [4.78, 5) is 13.6. The van der Waals surface area contributed by atoms with E-state index in [1.165, 1.54) is 0 Å². The van der Waals surface area contributed by atoms with Gasteiger partial charge in [-0.05, 0) is 52.6 Å². The van der Waals surface area contributed by atoms with E-state index in [2.05, 4.69) is 43.4 Å². The number of aromatic nitrogens is 1. The summed E-state index contributed by atoms with van der Waals surface area (Å²) in [5.41, 5.74) is 0.0409. The maximum Gasteiger partial charge on any atom is 0.251 e. The maximum absolute atomic E-state index is 11.5. The SMILES string of the molecule is CN(C)CCn1cc(I)c(Br)cc1=O. The van der Waals surface area contributed by atoms with Crippen molar-refractivity contribution in [2.24, 2.45) is 0 Å². The monoisotopic (exact) mass is 370 g/mol. The Labute approximate surface area is 105 Å². The van der Waals surface area contributed by atoms with Gasteiger partial charge in [-0.1, -0.05) is 0 Å². The first kappa shape index (κ1) is 12.2. The van der Waals surface area contributed by atoms with Crippen LogP contribution in [-0.4, -0.2) is 30.1 Å². The molecule has 0 fully saturated rings. The maximum atomic E-state index is 11.5. The summed E-state index contributed by atoms with van der Waals surface area (Å²) in [5.74, 6) is 0. The number of likely N-dealkylation sites (N-methyl/N-ethyl adjacent to an activating group) is 1. The first-order chi connectivity index (χ1) is 6.50. The molecule has 14 heavy (non-hydrogen) atoms. The molecule has 1 rings (SSSR count). The summed E-state index contributed by atoms with van der Waals surface area (Å²) < 4.78 is 3.65. The van der Waals surface area contributed by atoms with Crippen molar-refractivity contribution in [1.29, 1.82) is 0 Å². The van der Waals surface area contributed by atoms with Crippen LogP contribution in [0.5, 0.6) is 0 Å². The molecule has 0 saturated heterocycles. The molecule has 0 aliphatic rings. The lowest BCUT2D eigenvalue weighted by molar-refractivity contribution is 0.380. The summed E-state index contributed by atoms with van der Waals surface area (Å²) in [7, 11) is 3.99. The molecular formula is C9H12BrIN2O. The van der Waals surface area contributed by atoms with Gasteiger partial charge in [-0.3, -0.25) is 4.79 Å². The van der Waals surface area contributed by atoms with Gasteiger partial charge in [0, 0.05) is 33.4 Å². The zero-order valence-electron chi connectivity index (χ0n) is 8.13. The Bertz CT molecular complexity index is 376. The molecule has 0 spiro atoms. The minimum atomic E-state index is 0.0409. The molecule has 0 atom stereocenters. The fourth-order valence-corrected chi connectivity index (χ4v) is 1.79. The van der Waals surface area contributed by atoms with Gasteiger partial charge in [-0.15, -0.1) is 0 Å². The highest BCUT2D eigenvalue weighted by Gasteiger charge is 2.02. The second-order valence-corrected chi connectivity index (χ2v) is 5.32. The van der Waals surface area contributed by atoms with Crippen molar-refractivity contribution in [3.63, 3.8) is 0 Å². The van der Waals surface area contributed by atoms with Crippen LogP contribution in [0.3, 0.4) is 0 Å². The Morgan fingerprint density at radius 1 is 1.57 bits per heavy atom. The van der Waals surface area contributed by atoms with Crippen LogP contribution in [0.1, 0.15) is 0 Å². The molecule has 1 aromatic rings. The van der Waals surface area contributed by atoms with Crippen LogP contribution in [0, 0.1) is 3.57 Å². The molecule has 0 unspecified atom stereocenters. The van der Waals surface area contributed by atoms with E-state index >= 15 is 0 Å². The van der Waals surface area contributed by atoms with Gasteiger partial charge in [0.1, 0.15) is 0 Å². The molecule has 78 valence electrons. The molecule has 1 heterocycles. The Balaban J connectivity index is 2.88. The molecule has 0 bridgehead atoms. The van der Waals surface area contributed by atoms with Crippen LogP contribution < -0.4 is 5.56 Å². The van der Waals surface area contributed by atoms with Crippen molar-refractivity contribution in [3.05, 3.63) is 30.7 Å². The van der Waals surface area contributed by atoms with Crippen molar-refractivity contribution < 1.29 is 0 Å². The predicted molar refractivity (Wildman–Crippen MR) is 69.7 cm³/mol. The number of rotatable bonds is 3. The van der Waals surface area contributed by atoms with Crippen LogP contribution in [0.15, 0.2) is 21.5 Å². The standard InChI is InChI=1S/C9H12BrIN2O/c1-12(2)3-4-13-6-8(11)7(10)5-9(13)14/h5-6H,3-4H2,1-2H3. The largest absolute Gasteiger partial charge is 0.313 e. The minimum Gasteiger partial charge on any atom is -0.313 e. The highest BCUT2D eigenvalue weighted by molar-refractivity contribution is 14.1. The molecule has 0 aromatic carbocycles. The van der Waals surface area contributed by atoms with E-state index in [0.29, 0.717) is 0 Å². The second-order valence-electron chi connectivity index (χ2n) is 3.30. The van der Waals surface area contributed by atoms with E-state index in [1.807, 2.05) is 20.3 Å². The fourth-order valence-electron chi connectivity index (χ4n) is 1.00. The molecule has 0 radical (unpaired) electrons. The summed E-state index contributed by atoms with van der Waals surface area (Å²) >= 11 is 5.53. The zero-order valence-corrected chi connectivity index (χ0v) is 11.9. The minimum absolute atomic E-state index is 0.0409. The van der Waals surface area contributed by atoms with E-state index < -0.39 is 0 Å². The second kappa shape index (κ2) is 5.27. The van der Waals surface area contributed by atoms with Crippen molar-refractivity contribution in [1.82, 2.24) is 9.47 Å². The normalized spacial score (nSPS) is 10.9. The average molecular weight is 371 g/mol. The van der Waals surface area contributed by atoms with Crippen LogP contribution in [-0.2, 0) is 6.54 Å². The van der Waals surface area contributed by atoms with Crippen molar-refractivity contribution in [2.45, 2.75) is 6.54 Å². The first-order valence-corrected chi connectivity index (χ1v) is 6.08. The predicted octanol–water partition coefficient (Wildman–Crippen LogP) is 1.78. The van der Waals surface area contributed by atoms with Crippen molar-refractivity contribution in [3.8, 4) is 0 Å². The highest BCUT2D eigenvalue weighted by atomic mass is 127. The lowest BCUT2D eigenvalue weighted by Gasteiger charge is -2.11. The average Bonchev–Trinajstić information content (AvgIpc) is 2.09. The molecule has 0 N–H and O–H groups in total. The lowest BCUT2D eigenvalue weighted by atomic mass is 10.4. The zero-order chi connectivity index (χ0) is 10.7. The summed E-state index contributed by atoms with van der Waals surface area (Å²) in [5, 5.41) is 0. The molecular weight excluding hydrogens is 359 g/mol. The molecule has 3 nitrogen and oxygen atoms in total. The quantitative estimate of drug-likeness (QED) is 0.758. The third kappa shape index (κ3) is 3.36. The fraction of sp³-hybridized carbons (Fsp3) is 0.444. The Kier molecular flexibility index (Phi) is 4.59. The number of hydrogen-bond acceptors (Lipinski definition) is 2. The number of pyridine rings is 1. The van der Waals surface area contributed by atoms with E-state index in [9.17, 15) is 4.79 Å². The van der Waals surface area contributed by atoms with E-state index in [4.69, 9.17) is 0 Å². The van der Waals surface area contributed by atoms with Gasteiger partial charge >= 0.3 is 0 Å². The third-order valence-electron chi connectivity index (χ3n) is 1.82. The van der Waals surface area contributed by atoms with Gasteiger partial charge in [0.2, 0.25) is 0 Å². The Morgan fingerprint density at radius 3 is 2.79 bits per heavy atom. The van der Waals surface area contributed by atoms with E-state index in [-0.39, 0.29) is 5.56 Å². The molecule has 0 aliphatic carbocycles. The van der Waals surface area contributed by atoms with Gasteiger partial charge in [0.25, 0.3) is 5.56 Å². The Morgan fingerprint density at radius 2 is 2.21 bits per heavy atom. The van der Waals surface area contributed by atoms with Crippen molar-refractivity contribution >= 4 is 38.5 Å². The lowest BCUT2D eigenvalue weighted by Crippen LogP contribution is -2.26. The van der Waals surface area contributed by atoms with Crippen LogP contribution in [0.4, 0.5) is 0 Å². The summed E-state index contributed by atoms with van der Waals surface area (Å²) in [6.45, 7) is 1.60. The van der Waals surface area contributed by atoms with Gasteiger partial charge in [-0.25, -0.2) is 0 Å². The van der Waals surface area contributed by atoms with Crippen LogP contribution in [0.2, 0.25) is 0 Å². The highest BCUT2D eigenvalue weighted by Crippen LogP contribution is 2.15. The van der Waals surface area contributed by atoms with E-state index in [0.717, 1.165) is 21.1 Å². The Hall–Kier alpha value is 0.120. The number of hydrogen-bond donors (Lipinski definition) is 0. The van der Waals surface area contributed by atoms with Crippen LogP contribution >= 0.6 is 38.5 Å². The molecule has 0 aliphatic heterocycles. The smallest absolute Gasteiger partial charge is 0.251 e. The summed E-state index contributed by atoms with van der Waals surface area (Å²) in [6.07, 6.45) is 1.87. The third-order valence-corrected chi connectivity index (χ3v) is 4.08. The molecule has 0 saturated carbocycles. The van der Waals surface area contributed by atoms with Crippen molar-refractivity contribution in [2.75, 3.05) is 20.6 Å². The molecule has 5 heteroatoms. The topological polar surface area (TPSA) is 25.2 Å². The molecule has 1 aromatic heterocycles. The van der Waals surface area contributed by atoms with Gasteiger partial charge in [0.05, 0.1) is 0 Å². The van der Waals surface area contributed by atoms with Crippen LogP contribution in [0.25, 0.3) is 0 Å². The van der Waals surface area contributed by atoms with Gasteiger partial charge < -0.3 is 9.47 Å². The summed E-state index contributed by atoms with van der Waals surface area (Å²) in [6, 6.07) is 1.61. The molecule has 0 amide bonds. The van der Waals surface area contributed by atoms with E-state index in [1.54, 1.807) is 10.6 Å². The van der Waals surface area contributed by atoms with Gasteiger partial charge in [-0.2, -0.15) is 0 Å².